The Bertz CT molecular complexity index is 1680. The molecule has 4 aliphatic rings. The van der Waals surface area contributed by atoms with Crippen molar-refractivity contribution in [2.75, 3.05) is 39.7 Å². The number of carbonyl (C=O) groups is 4. The molecule has 1 aliphatic heterocycles. The topological polar surface area (TPSA) is 319 Å². The number of aliphatic hydroxyl groups is 7. The number of amides is 2. The molecule has 1 unspecified atom stereocenters. The zero-order valence-electron chi connectivity index (χ0n) is 27.4. The first kappa shape index (κ1) is 37.2. The second kappa shape index (κ2) is 13.3. The van der Waals surface area contributed by atoms with E-state index >= 15 is 0 Å². The molecule has 1 aromatic carbocycles. The van der Waals surface area contributed by atoms with Crippen LogP contribution in [0.15, 0.2) is 29.0 Å². The van der Waals surface area contributed by atoms with Crippen molar-refractivity contribution in [2.45, 2.75) is 61.2 Å². The van der Waals surface area contributed by atoms with Crippen LogP contribution < -0.4 is 16.8 Å². The summed E-state index contributed by atoms with van der Waals surface area (Å²) in [6.07, 6.45) is -7.40. The summed E-state index contributed by atoms with van der Waals surface area (Å²) in [4.78, 5) is 59.3. The summed E-state index contributed by atoms with van der Waals surface area (Å²) in [7, 11) is 3.97. The summed E-state index contributed by atoms with van der Waals surface area (Å²) < 4.78 is 5.53. The molecule has 3 aliphatic carbocycles. The number of likely N-dealkylation sites (N-methyl/N-ethyl adjacent to an activating group) is 1. The lowest BCUT2D eigenvalue weighted by Crippen LogP contribution is -2.70. The van der Waals surface area contributed by atoms with Gasteiger partial charge < -0.3 is 62.4 Å². The molecule has 0 bridgehead atoms. The van der Waals surface area contributed by atoms with E-state index in [-0.39, 0.29) is 16.8 Å². The fourth-order valence-corrected chi connectivity index (χ4v) is 7.68. The smallest absolute Gasteiger partial charge is 0.255 e. The number of primary amides is 1. The minimum Gasteiger partial charge on any atom is -0.508 e. The molecular weight excluding hydrogens is 666 g/mol. The molecule has 1 saturated carbocycles. The molecular formula is C31H41N5O14. The Morgan fingerprint density at radius 2 is 1.72 bits per heavy atom. The number of benzene rings is 1. The van der Waals surface area contributed by atoms with Crippen molar-refractivity contribution in [2.24, 2.45) is 23.3 Å². The first-order valence-corrected chi connectivity index (χ1v) is 15.5. The van der Waals surface area contributed by atoms with Gasteiger partial charge in [0.2, 0.25) is 11.7 Å². The highest BCUT2D eigenvalue weighted by molar-refractivity contribution is 6.24. The van der Waals surface area contributed by atoms with Crippen molar-refractivity contribution < 1.29 is 69.6 Å². The largest absolute Gasteiger partial charge is 0.508 e. The SMILES string of the molecule is CON(CC(=O)Nc1ccc2c(c1O)C(O)=C1C(=O)[C@]3(O)C(O)=C(C(N)=O)C(=O)[C@@H](N(C)C)[C@@H]3[C@@H](O)[C@@H]1[C@H]2C)C1O[C@H](CO)[C@@H](O)[C@H](O)[C@@H]1N. The normalized spacial score (nSPS) is 35.6. The fraction of sp³-hybridized carbons (Fsp3) is 0.548. The molecule has 1 heterocycles. The monoisotopic (exact) mass is 707 g/mol. The number of rotatable bonds is 8. The summed E-state index contributed by atoms with van der Waals surface area (Å²) in [5.74, 6) is -11.5. The van der Waals surface area contributed by atoms with Crippen molar-refractivity contribution in [3.63, 3.8) is 0 Å². The summed E-state index contributed by atoms with van der Waals surface area (Å²) in [6, 6.07) is -0.0759. The number of nitrogens with two attached hydrogens (primary N) is 2. The predicted octanol–water partition coefficient (Wildman–Crippen LogP) is -3.94. The Balaban J connectivity index is 1.52. The molecule has 2 fully saturated rings. The molecule has 11 atom stereocenters. The second-order valence-corrected chi connectivity index (χ2v) is 13.1. The number of Topliss-reactive ketones (excluding diaryl/α,β-unsaturated/α-hetero) is 2. The number of aliphatic hydroxyl groups excluding tert-OH is 6. The van der Waals surface area contributed by atoms with E-state index in [9.17, 15) is 60.0 Å². The lowest BCUT2D eigenvalue weighted by Gasteiger charge is -2.53. The molecule has 50 heavy (non-hydrogen) atoms. The third-order valence-electron chi connectivity index (χ3n) is 10.2. The Morgan fingerprint density at radius 3 is 2.28 bits per heavy atom. The van der Waals surface area contributed by atoms with Gasteiger partial charge in [-0.05, 0) is 31.6 Å². The van der Waals surface area contributed by atoms with Gasteiger partial charge >= 0.3 is 0 Å². The second-order valence-electron chi connectivity index (χ2n) is 13.1. The molecule has 13 N–H and O–H groups in total. The van der Waals surface area contributed by atoms with Gasteiger partial charge in [0.15, 0.2) is 17.6 Å². The zero-order valence-corrected chi connectivity index (χ0v) is 27.4. The van der Waals surface area contributed by atoms with E-state index in [2.05, 4.69) is 5.32 Å². The number of anilines is 1. The number of nitrogens with zero attached hydrogens (tertiary/aromatic N) is 2. The highest BCUT2D eigenvalue weighted by Crippen LogP contribution is 2.56. The van der Waals surface area contributed by atoms with Crippen molar-refractivity contribution in [1.29, 1.82) is 0 Å². The number of ketones is 2. The first-order chi connectivity index (χ1) is 23.4. The Kier molecular flexibility index (Phi) is 9.88. The van der Waals surface area contributed by atoms with Gasteiger partial charge in [0, 0.05) is 11.5 Å². The van der Waals surface area contributed by atoms with Crippen LogP contribution in [0.5, 0.6) is 5.75 Å². The number of phenolic OH excluding ortho intramolecular Hbond substituents is 1. The maximum atomic E-state index is 14.2. The number of fused-ring (bicyclic) bond motifs is 3. The zero-order chi connectivity index (χ0) is 37.3. The van der Waals surface area contributed by atoms with Gasteiger partial charge in [-0.1, -0.05) is 13.0 Å². The Morgan fingerprint density at radius 1 is 1.08 bits per heavy atom. The van der Waals surface area contributed by atoms with Gasteiger partial charge in [0.05, 0.1) is 49.1 Å². The third-order valence-corrected chi connectivity index (χ3v) is 10.2. The average Bonchev–Trinajstić information content (AvgIpc) is 3.05. The van der Waals surface area contributed by atoms with Crippen LogP contribution in [0.2, 0.25) is 0 Å². The molecule has 274 valence electrons. The van der Waals surface area contributed by atoms with Crippen LogP contribution in [-0.2, 0) is 28.8 Å². The van der Waals surface area contributed by atoms with Crippen LogP contribution in [-0.4, -0.2) is 157 Å². The number of carbonyl (C=O) groups excluding carboxylic acids is 4. The molecule has 1 saturated heterocycles. The van der Waals surface area contributed by atoms with Gasteiger partial charge in [-0.2, -0.15) is 0 Å². The number of aromatic hydroxyl groups is 1. The third kappa shape index (κ3) is 5.37. The number of hydrogen-bond acceptors (Lipinski definition) is 17. The summed E-state index contributed by atoms with van der Waals surface area (Å²) >= 11 is 0. The molecule has 0 radical (unpaired) electrons. The molecule has 0 aromatic heterocycles. The van der Waals surface area contributed by atoms with Crippen molar-refractivity contribution in [3.05, 3.63) is 40.2 Å². The highest BCUT2D eigenvalue weighted by atomic mass is 16.7. The average molecular weight is 708 g/mol. The maximum Gasteiger partial charge on any atom is 0.255 e. The van der Waals surface area contributed by atoms with Crippen LogP contribution in [0.3, 0.4) is 0 Å². The molecule has 19 nitrogen and oxygen atoms in total. The fourth-order valence-electron chi connectivity index (χ4n) is 7.68. The summed E-state index contributed by atoms with van der Waals surface area (Å²) in [5.41, 5.74) is 6.19. The number of hydrogen-bond donors (Lipinski definition) is 11. The van der Waals surface area contributed by atoms with Crippen molar-refractivity contribution in [1.82, 2.24) is 9.96 Å². The number of ether oxygens (including phenoxy) is 1. The van der Waals surface area contributed by atoms with E-state index in [0.29, 0.717) is 0 Å². The minimum absolute atomic E-state index is 0.216. The van der Waals surface area contributed by atoms with Crippen LogP contribution >= 0.6 is 0 Å². The quantitative estimate of drug-likeness (QED) is 0.0698. The minimum atomic E-state index is -3.09. The van der Waals surface area contributed by atoms with Gasteiger partial charge in [-0.3, -0.25) is 28.9 Å². The lowest BCUT2D eigenvalue weighted by molar-refractivity contribution is -0.298. The number of phenols is 1. The van der Waals surface area contributed by atoms with E-state index in [4.69, 9.17) is 21.0 Å². The van der Waals surface area contributed by atoms with E-state index < -0.39 is 131 Å². The molecule has 0 spiro atoms. The van der Waals surface area contributed by atoms with E-state index in [1.165, 1.54) is 38.2 Å². The Hall–Kier alpha value is -4.02. The van der Waals surface area contributed by atoms with Gasteiger partial charge in [-0.15, -0.1) is 5.06 Å². The van der Waals surface area contributed by atoms with Gasteiger partial charge in [-0.25, -0.2) is 0 Å². The van der Waals surface area contributed by atoms with Crippen molar-refractivity contribution >= 4 is 34.8 Å². The van der Waals surface area contributed by atoms with E-state index in [1.807, 2.05) is 0 Å². The molecule has 5 rings (SSSR count). The van der Waals surface area contributed by atoms with Crippen LogP contribution in [0.4, 0.5) is 5.69 Å². The summed E-state index contributed by atoms with van der Waals surface area (Å²) in [5, 5.41) is 90.8. The molecule has 1 aromatic rings. The van der Waals surface area contributed by atoms with Crippen LogP contribution in [0.25, 0.3) is 5.76 Å². The number of nitrogens with one attached hydrogen (secondary N) is 1. The van der Waals surface area contributed by atoms with Gasteiger partial charge in [0.25, 0.3) is 5.91 Å². The van der Waals surface area contributed by atoms with Gasteiger partial charge in [0.1, 0.15) is 47.7 Å². The molecule has 2 amide bonds. The van der Waals surface area contributed by atoms with Crippen molar-refractivity contribution in [3.8, 4) is 5.75 Å². The van der Waals surface area contributed by atoms with Crippen LogP contribution in [0, 0.1) is 11.8 Å². The summed E-state index contributed by atoms with van der Waals surface area (Å²) in [6.45, 7) is 0.250. The standard InChI is InChI=1S/C31H41N5O14/c1-9-10-5-6-11(34-13(38)7-36(49-4)30-19(32)26(44)22(40)12(8-37)50-30)21(39)15(10)23(41)16-14(9)24(42)18-20(35(2)3)25(43)17(29(33)47)28(46)31(18,48)27(16)45/h5-6,9,12,14,18-20,22,24,26,30,37,39-42,44,46,48H,7-8,32H2,1-4H3,(H2,33,47)(H,34,38)/t9-,12+,14+,18+,19-,20-,22+,24-,26+,30?,31-/m0/s1. The maximum absolute atomic E-state index is 14.2. The highest BCUT2D eigenvalue weighted by Gasteiger charge is 2.68. The Labute approximate surface area is 284 Å². The lowest BCUT2D eigenvalue weighted by atomic mass is 9.54. The van der Waals surface area contributed by atoms with E-state index in [0.717, 1.165) is 5.06 Å². The number of hydroxylamine groups is 2. The molecule has 19 heteroatoms. The predicted molar refractivity (Wildman–Crippen MR) is 168 cm³/mol. The first-order valence-electron chi connectivity index (χ1n) is 15.5. The van der Waals surface area contributed by atoms with Crippen LogP contribution in [0.1, 0.15) is 24.0 Å². The van der Waals surface area contributed by atoms with E-state index in [1.54, 1.807) is 6.92 Å².